The first-order chi connectivity index (χ1) is 24.0. The highest BCUT2D eigenvalue weighted by atomic mass is 16.5. The van der Waals surface area contributed by atoms with Crippen LogP contribution in [-0.4, -0.2) is 19.3 Å². The maximum atomic E-state index is 6.80. The van der Waals surface area contributed by atoms with Crippen LogP contribution in [0.2, 0.25) is 0 Å². The van der Waals surface area contributed by atoms with Crippen molar-refractivity contribution in [3.63, 3.8) is 0 Å². The fraction of sp³-hybridized carbons (Fsp3) is 0.378. The summed E-state index contributed by atoms with van der Waals surface area (Å²) in [5.41, 5.74) is 11.1. The maximum absolute atomic E-state index is 6.80. The minimum atomic E-state index is 0.311. The van der Waals surface area contributed by atoms with Crippen molar-refractivity contribution in [2.45, 2.75) is 99.3 Å². The van der Waals surface area contributed by atoms with Crippen LogP contribution in [0.25, 0.3) is 33.3 Å². The van der Waals surface area contributed by atoms with E-state index in [1.807, 2.05) is 6.20 Å². The Kier molecular flexibility index (Phi) is 9.19. The average Bonchev–Trinajstić information content (AvgIpc) is 3.59. The van der Waals surface area contributed by atoms with E-state index in [9.17, 15) is 0 Å². The predicted octanol–water partition coefficient (Wildman–Crippen LogP) is 12.4. The summed E-state index contributed by atoms with van der Waals surface area (Å²) >= 11 is 0. The van der Waals surface area contributed by atoms with Crippen LogP contribution < -0.4 is 4.74 Å². The molecule has 1 aliphatic rings. The summed E-state index contributed by atoms with van der Waals surface area (Å²) in [6.07, 6.45) is 7.74. The van der Waals surface area contributed by atoms with Gasteiger partial charge in [-0.05, 0) is 104 Å². The van der Waals surface area contributed by atoms with Crippen molar-refractivity contribution in [3.8, 4) is 23.0 Å². The van der Waals surface area contributed by atoms with E-state index in [1.54, 1.807) is 0 Å². The van der Waals surface area contributed by atoms with E-state index in [1.165, 1.54) is 45.2 Å². The molecule has 0 amide bonds. The summed E-state index contributed by atoms with van der Waals surface area (Å²) in [6, 6.07) is 26.0. The minimum Gasteiger partial charge on any atom is -0.457 e. The molecule has 6 aromatic rings. The molecular weight excluding hydrogens is 613 g/mol. The van der Waals surface area contributed by atoms with Crippen molar-refractivity contribution >= 4 is 21.8 Å². The van der Waals surface area contributed by atoms with Gasteiger partial charge in [-0.25, -0.2) is 9.67 Å². The van der Waals surface area contributed by atoms with Crippen LogP contribution in [0.3, 0.4) is 0 Å². The van der Waals surface area contributed by atoms with Crippen molar-refractivity contribution in [2.75, 3.05) is 0 Å². The Balaban J connectivity index is 1.34. The normalized spacial score (nSPS) is 18.1. The van der Waals surface area contributed by atoms with Gasteiger partial charge in [0.1, 0.15) is 17.3 Å². The lowest BCUT2D eigenvalue weighted by Gasteiger charge is -2.33. The molecule has 1 unspecified atom stereocenters. The summed E-state index contributed by atoms with van der Waals surface area (Å²) in [5, 5.41) is 7.66. The van der Waals surface area contributed by atoms with Crippen LogP contribution in [0.15, 0.2) is 90.6 Å². The predicted molar refractivity (Wildman–Crippen MR) is 209 cm³/mol. The number of aromatic nitrogens is 4. The van der Waals surface area contributed by atoms with Gasteiger partial charge in [0.05, 0.1) is 28.1 Å². The second kappa shape index (κ2) is 13.6. The van der Waals surface area contributed by atoms with Crippen LogP contribution in [0.1, 0.15) is 114 Å². The molecule has 0 radical (unpaired) electrons. The minimum absolute atomic E-state index is 0.311. The molecule has 5 heteroatoms. The van der Waals surface area contributed by atoms with Crippen LogP contribution in [0, 0.1) is 18.8 Å². The van der Waals surface area contributed by atoms with Crippen molar-refractivity contribution in [1.82, 2.24) is 19.3 Å². The van der Waals surface area contributed by atoms with E-state index in [4.69, 9.17) is 14.8 Å². The highest BCUT2D eigenvalue weighted by Crippen LogP contribution is 2.45. The first-order valence-corrected chi connectivity index (χ1v) is 18.6. The monoisotopic (exact) mass is 664 g/mol. The number of allylic oxidation sites excluding steroid dienone is 2. The molecule has 0 saturated heterocycles. The largest absolute Gasteiger partial charge is 0.457 e. The number of fused-ring (bicyclic) bond motifs is 3. The van der Waals surface area contributed by atoms with Gasteiger partial charge in [-0.2, -0.15) is 5.10 Å². The molecule has 7 rings (SSSR count). The van der Waals surface area contributed by atoms with E-state index in [-0.39, 0.29) is 0 Å². The summed E-state index contributed by atoms with van der Waals surface area (Å²) in [6.45, 7) is 20.6. The Morgan fingerprint density at radius 1 is 0.840 bits per heavy atom. The molecule has 0 spiro atoms. The van der Waals surface area contributed by atoms with Gasteiger partial charge >= 0.3 is 0 Å². The molecule has 3 atom stereocenters. The van der Waals surface area contributed by atoms with Gasteiger partial charge in [-0.3, -0.25) is 4.57 Å². The molecular formula is C45H52N4O. The Labute approximate surface area is 298 Å². The number of para-hydroxylation sites is 1. The van der Waals surface area contributed by atoms with Crippen molar-refractivity contribution in [1.29, 1.82) is 0 Å². The SMILES string of the molecule is CCCc1ccnc(-n2c3ccccc3c3ccc(Oc4cc(C(C)C)cc(-n5nc(C)c(C6C(C)=C[C@H](C)C[C@@H]6C)c5C(C)C)c4)cc32)c1. The van der Waals surface area contributed by atoms with Crippen molar-refractivity contribution < 1.29 is 4.74 Å². The summed E-state index contributed by atoms with van der Waals surface area (Å²) in [4.78, 5) is 4.84. The summed E-state index contributed by atoms with van der Waals surface area (Å²) in [7, 11) is 0. The average molecular weight is 665 g/mol. The molecule has 0 N–H and O–H groups in total. The lowest BCUT2D eigenvalue weighted by atomic mass is 9.71. The lowest BCUT2D eigenvalue weighted by Crippen LogP contribution is -2.21. The van der Waals surface area contributed by atoms with Gasteiger partial charge in [-0.1, -0.05) is 84.7 Å². The lowest BCUT2D eigenvalue weighted by molar-refractivity contribution is 0.389. The highest BCUT2D eigenvalue weighted by Gasteiger charge is 2.33. The number of aryl methyl sites for hydroxylation is 2. The van der Waals surface area contributed by atoms with E-state index in [2.05, 4.69) is 150 Å². The Morgan fingerprint density at radius 3 is 2.36 bits per heavy atom. The van der Waals surface area contributed by atoms with Gasteiger partial charge in [0.15, 0.2) is 0 Å². The molecule has 258 valence electrons. The molecule has 3 aromatic heterocycles. The quantitative estimate of drug-likeness (QED) is 0.145. The standard InChI is InChI=1S/C45H52N4O/c1-10-13-33-18-19-46-42(22-33)48-40-15-12-11-14-38(40)39-17-16-36(26-41(39)48)50-37-24-34(27(2)3)23-35(25-37)49-45(28(4)5)44(32(9)47-49)43-30(7)20-29(6)21-31(43)8/h11-12,14-20,22-29,31,43H,10,13,21H2,1-9H3/t29-,31-,43?/m0/s1. The van der Waals surface area contributed by atoms with Gasteiger partial charge in [-0.15, -0.1) is 0 Å². The summed E-state index contributed by atoms with van der Waals surface area (Å²) in [5.74, 6) is 4.75. The number of rotatable bonds is 9. The molecule has 0 bridgehead atoms. The molecule has 0 fully saturated rings. The smallest absolute Gasteiger partial charge is 0.137 e. The van der Waals surface area contributed by atoms with E-state index in [0.717, 1.165) is 52.6 Å². The third-order valence-corrected chi connectivity index (χ3v) is 10.6. The van der Waals surface area contributed by atoms with Gasteiger partial charge in [0.25, 0.3) is 0 Å². The van der Waals surface area contributed by atoms with Crippen LogP contribution >= 0.6 is 0 Å². The number of pyridine rings is 1. The van der Waals surface area contributed by atoms with E-state index < -0.39 is 0 Å². The van der Waals surface area contributed by atoms with Gasteiger partial charge in [0, 0.05) is 40.6 Å². The molecule has 3 aromatic carbocycles. The summed E-state index contributed by atoms with van der Waals surface area (Å²) < 4.78 is 11.3. The van der Waals surface area contributed by atoms with E-state index in [0.29, 0.717) is 29.6 Å². The first-order valence-electron chi connectivity index (χ1n) is 18.6. The van der Waals surface area contributed by atoms with Gasteiger partial charge in [0.2, 0.25) is 0 Å². The van der Waals surface area contributed by atoms with Crippen LogP contribution in [0.5, 0.6) is 11.5 Å². The fourth-order valence-corrected chi connectivity index (χ4v) is 8.54. The Hall–Kier alpha value is -4.64. The van der Waals surface area contributed by atoms with Gasteiger partial charge < -0.3 is 4.74 Å². The molecule has 5 nitrogen and oxygen atoms in total. The van der Waals surface area contributed by atoms with Crippen molar-refractivity contribution in [3.05, 3.63) is 119 Å². The van der Waals surface area contributed by atoms with Crippen molar-refractivity contribution in [2.24, 2.45) is 11.8 Å². The van der Waals surface area contributed by atoms with Crippen LogP contribution in [-0.2, 0) is 6.42 Å². The number of ether oxygens (including phenoxy) is 1. The topological polar surface area (TPSA) is 44.9 Å². The number of hydrogen-bond acceptors (Lipinski definition) is 3. The second-order valence-corrected chi connectivity index (χ2v) is 15.4. The zero-order valence-electron chi connectivity index (χ0n) is 31.3. The Bertz CT molecular complexity index is 2210. The molecule has 0 saturated carbocycles. The second-order valence-electron chi connectivity index (χ2n) is 15.4. The zero-order valence-corrected chi connectivity index (χ0v) is 31.3. The maximum Gasteiger partial charge on any atom is 0.137 e. The first kappa shape index (κ1) is 33.8. The molecule has 50 heavy (non-hydrogen) atoms. The number of nitrogens with zero attached hydrogens (tertiary/aromatic N) is 4. The third kappa shape index (κ3) is 6.16. The third-order valence-electron chi connectivity index (χ3n) is 10.6. The molecule has 1 aliphatic carbocycles. The Morgan fingerprint density at radius 2 is 1.62 bits per heavy atom. The zero-order chi connectivity index (χ0) is 35.3. The van der Waals surface area contributed by atoms with E-state index >= 15 is 0 Å². The number of benzene rings is 3. The fourth-order valence-electron chi connectivity index (χ4n) is 8.54. The highest BCUT2D eigenvalue weighted by molar-refractivity contribution is 6.09. The van der Waals surface area contributed by atoms with Crippen LogP contribution in [0.4, 0.5) is 0 Å². The number of hydrogen-bond donors (Lipinski definition) is 0. The molecule has 3 heterocycles. The molecule has 0 aliphatic heterocycles.